The third kappa shape index (κ3) is 2.76. The van der Waals surface area contributed by atoms with Gasteiger partial charge in [0.1, 0.15) is 0 Å². The maximum atomic E-state index is 11.4. The zero-order chi connectivity index (χ0) is 19.5. The van der Waals surface area contributed by atoms with E-state index in [1.54, 1.807) is 0 Å². The quantitative estimate of drug-likeness (QED) is 0.533. The molecule has 0 unspecified atom stereocenters. The van der Waals surface area contributed by atoms with Crippen molar-refractivity contribution in [1.82, 2.24) is 0 Å². The Balaban J connectivity index is 1.47. The average Bonchev–Trinajstić information content (AvgIpc) is 2.94. The fourth-order valence-corrected chi connectivity index (χ4v) is 8.28. The largest absolute Gasteiger partial charge is 0.388 e. The van der Waals surface area contributed by atoms with E-state index in [-0.39, 0.29) is 11.5 Å². The summed E-state index contributed by atoms with van der Waals surface area (Å²) in [6, 6.07) is 8.04. The van der Waals surface area contributed by atoms with E-state index in [9.17, 15) is 5.11 Å². The van der Waals surface area contributed by atoms with Gasteiger partial charge in [0.05, 0.1) is 6.10 Å². The maximum Gasteiger partial charge on any atom is 0.0809 e. The number of benzene rings is 1. The van der Waals surface area contributed by atoms with Gasteiger partial charge in [0.15, 0.2) is 0 Å². The summed E-state index contributed by atoms with van der Waals surface area (Å²) in [5, 5.41) is 12.2. The van der Waals surface area contributed by atoms with Gasteiger partial charge in [-0.2, -0.15) is 0 Å². The number of aliphatic hydroxyl groups is 1. The van der Waals surface area contributed by atoms with Crippen LogP contribution in [0, 0.1) is 34.5 Å². The smallest absolute Gasteiger partial charge is 0.0809 e. The highest BCUT2D eigenvalue weighted by Crippen LogP contribution is 2.67. The highest BCUT2D eigenvalue weighted by Gasteiger charge is 2.60. The third-order valence-corrected chi connectivity index (χ3v) is 10.0. The summed E-state index contributed by atoms with van der Waals surface area (Å²) in [7, 11) is 0. The van der Waals surface area contributed by atoms with E-state index in [1.165, 1.54) is 56.9 Å². The van der Waals surface area contributed by atoms with Crippen molar-refractivity contribution in [3.8, 4) is 0 Å². The van der Waals surface area contributed by atoms with E-state index in [0.29, 0.717) is 11.3 Å². The van der Waals surface area contributed by atoms with Crippen molar-refractivity contribution in [3.05, 3.63) is 40.4 Å². The SMILES string of the molecule is C[C@]12CCCC[C@@H]1CC[C@H]1[C@H]2CC[C@]2(C)[C@H](O)/C(=C/c3ccccc3Cl)C[C@@H]12. The summed E-state index contributed by atoms with van der Waals surface area (Å²) in [5.74, 6) is 3.26. The predicted molar refractivity (Wildman–Crippen MR) is 117 cm³/mol. The summed E-state index contributed by atoms with van der Waals surface area (Å²) >= 11 is 6.42. The number of hydrogen-bond acceptors (Lipinski definition) is 1. The Hall–Kier alpha value is -0.790. The molecule has 0 radical (unpaired) electrons. The molecule has 0 saturated heterocycles. The van der Waals surface area contributed by atoms with Crippen LogP contribution in [0.3, 0.4) is 0 Å². The molecule has 2 heteroatoms. The van der Waals surface area contributed by atoms with E-state index in [1.807, 2.05) is 18.2 Å². The first-order valence-electron chi connectivity index (χ1n) is 11.6. The van der Waals surface area contributed by atoms with Crippen LogP contribution in [0.4, 0.5) is 0 Å². The van der Waals surface area contributed by atoms with Gasteiger partial charge < -0.3 is 5.11 Å². The molecule has 4 saturated carbocycles. The molecule has 5 rings (SSSR count). The van der Waals surface area contributed by atoms with E-state index >= 15 is 0 Å². The molecule has 152 valence electrons. The minimum Gasteiger partial charge on any atom is -0.388 e. The Bertz CT molecular complexity index is 784. The molecular formula is C26H35ClO. The van der Waals surface area contributed by atoms with Gasteiger partial charge in [-0.05, 0) is 91.2 Å². The van der Waals surface area contributed by atoms with Crippen LogP contribution >= 0.6 is 11.6 Å². The molecule has 7 atom stereocenters. The van der Waals surface area contributed by atoms with E-state index < -0.39 is 0 Å². The van der Waals surface area contributed by atoms with Crippen LogP contribution < -0.4 is 0 Å². The Morgan fingerprint density at radius 2 is 1.79 bits per heavy atom. The first-order chi connectivity index (χ1) is 13.4. The Labute approximate surface area is 175 Å². The lowest BCUT2D eigenvalue weighted by molar-refractivity contribution is -0.119. The highest BCUT2D eigenvalue weighted by atomic mass is 35.5. The van der Waals surface area contributed by atoms with Gasteiger partial charge in [-0.3, -0.25) is 0 Å². The summed E-state index contributed by atoms with van der Waals surface area (Å²) in [6.07, 6.45) is 14.0. The molecule has 0 heterocycles. The summed E-state index contributed by atoms with van der Waals surface area (Å²) in [6.45, 7) is 5.00. The van der Waals surface area contributed by atoms with Gasteiger partial charge in [-0.15, -0.1) is 0 Å². The maximum absolute atomic E-state index is 11.4. The van der Waals surface area contributed by atoms with Crippen LogP contribution in [0.25, 0.3) is 6.08 Å². The molecule has 4 aliphatic rings. The molecule has 0 aliphatic heterocycles. The summed E-state index contributed by atoms with van der Waals surface area (Å²) in [4.78, 5) is 0. The van der Waals surface area contributed by atoms with Crippen molar-refractivity contribution >= 4 is 17.7 Å². The first kappa shape index (κ1) is 19.2. The van der Waals surface area contributed by atoms with E-state index in [2.05, 4.69) is 26.0 Å². The van der Waals surface area contributed by atoms with Crippen LogP contribution in [0.1, 0.15) is 77.2 Å². The molecule has 0 bridgehead atoms. The van der Waals surface area contributed by atoms with Crippen LogP contribution in [-0.2, 0) is 0 Å². The van der Waals surface area contributed by atoms with Gasteiger partial charge in [0, 0.05) is 10.4 Å². The summed E-state index contributed by atoms with van der Waals surface area (Å²) < 4.78 is 0. The minimum absolute atomic E-state index is 0.0477. The molecule has 0 spiro atoms. The van der Waals surface area contributed by atoms with Crippen molar-refractivity contribution in [1.29, 1.82) is 0 Å². The zero-order valence-corrected chi connectivity index (χ0v) is 18.2. The average molecular weight is 399 g/mol. The number of rotatable bonds is 1. The molecule has 28 heavy (non-hydrogen) atoms. The minimum atomic E-state index is -0.313. The lowest BCUT2D eigenvalue weighted by atomic mass is 9.45. The van der Waals surface area contributed by atoms with Crippen molar-refractivity contribution in [2.24, 2.45) is 34.5 Å². The van der Waals surface area contributed by atoms with Crippen molar-refractivity contribution in [2.45, 2.75) is 77.7 Å². The Kier molecular flexibility index (Phi) is 4.71. The first-order valence-corrected chi connectivity index (χ1v) is 11.9. The molecule has 1 aromatic rings. The van der Waals surface area contributed by atoms with Crippen molar-refractivity contribution < 1.29 is 5.11 Å². The molecular weight excluding hydrogens is 364 g/mol. The predicted octanol–water partition coefficient (Wildman–Crippen LogP) is 7.13. The van der Waals surface area contributed by atoms with Crippen LogP contribution in [0.15, 0.2) is 29.8 Å². The summed E-state index contributed by atoms with van der Waals surface area (Å²) in [5.41, 5.74) is 2.88. The lowest BCUT2D eigenvalue weighted by Crippen LogP contribution is -2.53. The molecule has 4 fully saturated rings. The zero-order valence-electron chi connectivity index (χ0n) is 17.5. The van der Waals surface area contributed by atoms with Gasteiger partial charge in [0.25, 0.3) is 0 Å². The topological polar surface area (TPSA) is 20.2 Å². The number of fused-ring (bicyclic) bond motifs is 5. The highest BCUT2D eigenvalue weighted by molar-refractivity contribution is 6.32. The Morgan fingerprint density at radius 1 is 0.964 bits per heavy atom. The molecule has 0 amide bonds. The second kappa shape index (κ2) is 6.88. The number of aliphatic hydroxyl groups excluding tert-OH is 1. The normalized spacial score (nSPS) is 46.7. The Morgan fingerprint density at radius 3 is 2.61 bits per heavy atom. The van der Waals surface area contributed by atoms with E-state index in [4.69, 9.17) is 11.6 Å². The monoisotopic (exact) mass is 398 g/mol. The van der Waals surface area contributed by atoms with E-state index in [0.717, 1.165) is 34.8 Å². The standard InChI is InChI=1S/C26H35ClO/c1-25-13-6-5-8-19(25)10-11-20-21(25)12-14-26(2)22(20)16-18(24(26)28)15-17-7-3-4-9-23(17)27/h3-4,7,9,15,19-22,24,28H,5-6,8,10-14,16H2,1-2H3/b18-15+/t19-,20+,21-,22+,24-,25+,26+/m1/s1. The fourth-order valence-electron chi connectivity index (χ4n) is 8.09. The second-order valence-electron chi connectivity index (χ2n) is 10.8. The lowest BCUT2D eigenvalue weighted by Gasteiger charge is -2.60. The molecule has 1 N–H and O–H groups in total. The van der Waals surface area contributed by atoms with Crippen molar-refractivity contribution in [2.75, 3.05) is 0 Å². The number of halogens is 1. The van der Waals surface area contributed by atoms with Gasteiger partial charge in [-0.25, -0.2) is 0 Å². The van der Waals surface area contributed by atoms with Crippen LogP contribution in [0.5, 0.6) is 0 Å². The fraction of sp³-hybridized carbons (Fsp3) is 0.692. The van der Waals surface area contributed by atoms with Crippen LogP contribution in [0.2, 0.25) is 5.02 Å². The van der Waals surface area contributed by atoms with Crippen LogP contribution in [-0.4, -0.2) is 11.2 Å². The molecule has 0 aromatic heterocycles. The third-order valence-electron chi connectivity index (χ3n) is 9.70. The second-order valence-corrected chi connectivity index (χ2v) is 11.2. The molecule has 1 aromatic carbocycles. The molecule has 1 nitrogen and oxygen atoms in total. The van der Waals surface area contributed by atoms with Gasteiger partial charge in [0.2, 0.25) is 0 Å². The van der Waals surface area contributed by atoms with Gasteiger partial charge >= 0.3 is 0 Å². The molecule has 4 aliphatic carbocycles. The van der Waals surface area contributed by atoms with Gasteiger partial charge in [-0.1, -0.05) is 62.6 Å². The van der Waals surface area contributed by atoms with Crippen molar-refractivity contribution in [3.63, 3.8) is 0 Å². The number of hydrogen-bond donors (Lipinski definition) is 1.